The van der Waals surface area contributed by atoms with Crippen LogP contribution in [0.1, 0.15) is 27.2 Å². The summed E-state index contributed by atoms with van der Waals surface area (Å²) in [6, 6.07) is 4.20. The highest BCUT2D eigenvalue weighted by molar-refractivity contribution is 5.84. The van der Waals surface area contributed by atoms with Gasteiger partial charge in [0.25, 0.3) is 5.69 Å². The zero-order chi connectivity index (χ0) is 15.8. The number of nitro groups is 1. The van der Waals surface area contributed by atoms with Gasteiger partial charge in [0.1, 0.15) is 6.04 Å². The monoisotopic (exact) mass is 294 g/mol. The quantitative estimate of drug-likeness (QED) is 0.505. The molecule has 1 amide bonds. The Hall–Kier alpha value is -2.31. The third kappa shape index (κ3) is 5.29. The second kappa shape index (κ2) is 8.08. The number of hydrogen-bond donors (Lipinski definition) is 3. The molecule has 1 unspecified atom stereocenters. The molecule has 0 aliphatic heterocycles. The Labute approximate surface area is 124 Å². The first-order valence-corrected chi connectivity index (χ1v) is 7.05. The van der Waals surface area contributed by atoms with E-state index in [1.165, 1.54) is 12.1 Å². The van der Waals surface area contributed by atoms with Crippen molar-refractivity contribution in [1.29, 1.82) is 0 Å². The van der Waals surface area contributed by atoms with Crippen LogP contribution in [0.15, 0.2) is 18.2 Å². The van der Waals surface area contributed by atoms with Gasteiger partial charge in [0.05, 0.1) is 4.92 Å². The third-order valence-corrected chi connectivity index (χ3v) is 2.84. The lowest BCUT2D eigenvalue weighted by Crippen LogP contribution is -2.37. The van der Waals surface area contributed by atoms with E-state index in [1.54, 1.807) is 13.0 Å². The predicted molar refractivity (Wildman–Crippen MR) is 83.6 cm³/mol. The van der Waals surface area contributed by atoms with Crippen LogP contribution in [0.3, 0.4) is 0 Å². The molecule has 0 saturated carbocycles. The fourth-order valence-electron chi connectivity index (χ4n) is 1.81. The van der Waals surface area contributed by atoms with Gasteiger partial charge in [-0.2, -0.15) is 0 Å². The lowest BCUT2D eigenvalue weighted by molar-refractivity contribution is -0.384. The maximum Gasteiger partial charge on any atom is 0.273 e. The van der Waals surface area contributed by atoms with Gasteiger partial charge in [0.15, 0.2) is 0 Å². The summed E-state index contributed by atoms with van der Waals surface area (Å²) in [4.78, 5) is 22.2. The van der Waals surface area contributed by atoms with Crippen LogP contribution in [0.5, 0.6) is 0 Å². The fourth-order valence-corrected chi connectivity index (χ4v) is 1.81. The molecule has 7 nitrogen and oxygen atoms in total. The van der Waals surface area contributed by atoms with Crippen molar-refractivity contribution in [1.82, 2.24) is 5.32 Å². The molecule has 1 rings (SSSR count). The number of non-ortho nitro benzene ring substituents is 1. The highest BCUT2D eigenvalue weighted by Gasteiger charge is 2.15. The summed E-state index contributed by atoms with van der Waals surface area (Å²) in [5.74, 6) is -0.146. The van der Waals surface area contributed by atoms with Crippen LogP contribution in [-0.4, -0.2) is 30.0 Å². The number of nitrogens with zero attached hydrogens (tertiary/aromatic N) is 1. The summed E-state index contributed by atoms with van der Waals surface area (Å²) in [5.41, 5.74) is 1.19. The molecule has 0 fully saturated rings. The Balaban J connectivity index is 2.91. The molecule has 1 atom stereocenters. The first kappa shape index (κ1) is 16.7. The molecule has 0 aromatic heterocycles. The normalized spacial score (nSPS) is 11.6. The molecule has 116 valence electrons. The maximum absolute atomic E-state index is 11.7. The lowest BCUT2D eigenvalue weighted by Gasteiger charge is -2.15. The van der Waals surface area contributed by atoms with Gasteiger partial charge in [-0.1, -0.05) is 6.92 Å². The van der Waals surface area contributed by atoms with E-state index in [0.717, 1.165) is 13.0 Å². The Morgan fingerprint density at radius 2 is 1.95 bits per heavy atom. The van der Waals surface area contributed by atoms with Gasteiger partial charge in [0.2, 0.25) is 5.91 Å². The molecule has 0 radical (unpaired) electrons. The van der Waals surface area contributed by atoms with E-state index in [0.29, 0.717) is 17.9 Å². The van der Waals surface area contributed by atoms with E-state index in [4.69, 9.17) is 0 Å². The highest BCUT2D eigenvalue weighted by atomic mass is 16.6. The molecular formula is C14H22N4O3. The van der Waals surface area contributed by atoms with Crippen molar-refractivity contribution in [2.45, 2.75) is 33.2 Å². The average Bonchev–Trinajstić information content (AvgIpc) is 2.45. The lowest BCUT2D eigenvalue weighted by atomic mass is 10.2. The van der Waals surface area contributed by atoms with Crippen LogP contribution in [0.2, 0.25) is 0 Å². The summed E-state index contributed by atoms with van der Waals surface area (Å²) in [7, 11) is 0. The number of carbonyl (C=O) groups excluding carboxylic acids is 1. The number of nitro benzene ring substituents is 1. The van der Waals surface area contributed by atoms with Gasteiger partial charge < -0.3 is 16.0 Å². The van der Waals surface area contributed by atoms with Gasteiger partial charge >= 0.3 is 0 Å². The van der Waals surface area contributed by atoms with E-state index >= 15 is 0 Å². The molecule has 0 saturated heterocycles. The van der Waals surface area contributed by atoms with Crippen LogP contribution < -0.4 is 16.0 Å². The number of rotatable bonds is 8. The molecule has 1 aromatic carbocycles. The minimum absolute atomic E-state index is 0.0123. The number of nitrogens with one attached hydrogen (secondary N) is 3. The second-order valence-electron chi connectivity index (χ2n) is 4.71. The molecule has 0 heterocycles. The first-order chi connectivity index (χ1) is 9.97. The van der Waals surface area contributed by atoms with Crippen molar-refractivity contribution in [3.05, 3.63) is 28.3 Å². The van der Waals surface area contributed by atoms with E-state index < -0.39 is 11.0 Å². The van der Waals surface area contributed by atoms with Crippen LogP contribution in [0, 0.1) is 10.1 Å². The Kier molecular flexibility index (Phi) is 6.45. The highest BCUT2D eigenvalue weighted by Crippen LogP contribution is 2.24. The summed E-state index contributed by atoms with van der Waals surface area (Å²) < 4.78 is 0. The number of hydrogen-bond acceptors (Lipinski definition) is 5. The van der Waals surface area contributed by atoms with Crippen molar-refractivity contribution in [2.24, 2.45) is 0 Å². The van der Waals surface area contributed by atoms with Gasteiger partial charge in [-0.05, 0) is 26.3 Å². The minimum atomic E-state index is -0.467. The Morgan fingerprint density at radius 1 is 1.29 bits per heavy atom. The first-order valence-electron chi connectivity index (χ1n) is 7.05. The zero-order valence-corrected chi connectivity index (χ0v) is 12.6. The zero-order valence-electron chi connectivity index (χ0n) is 12.6. The maximum atomic E-state index is 11.7. The smallest absolute Gasteiger partial charge is 0.273 e. The Bertz CT molecular complexity index is 505. The van der Waals surface area contributed by atoms with Crippen molar-refractivity contribution in [2.75, 3.05) is 23.7 Å². The van der Waals surface area contributed by atoms with Gasteiger partial charge in [-0.25, -0.2) is 0 Å². The summed E-state index contributed by atoms with van der Waals surface area (Å²) in [6.45, 7) is 6.84. The van der Waals surface area contributed by atoms with Crippen molar-refractivity contribution < 1.29 is 9.72 Å². The van der Waals surface area contributed by atoms with E-state index in [9.17, 15) is 14.9 Å². The van der Waals surface area contributed by atoms with Crippen LogP contribution in [0.25, 0.3) is 0 Å². The Morgan fingerprint density at radius 3 is 2.52 bits per heavy atom. The fraction of sp³-hybridized carbons (Fsp3) is 0.500. The largest absolute Gasteiger partial charge is 0.385 e. The molecule has 0 aliphatic carbocycles. The molecule has 3 N–H and O–H groups in total. The molecule has 21 heavy (non-hydrogen) atoms. The molecule has 7 heteroatoms. The van der Waals surface area contributed by atoms with Gasteiger partial charge in [0, 0.05) is 36.6 Å². The topological polar surface area (TPSA) is 96.3 Å². The molecule has 0 bridgehead atoms. The van der Waals surface area contributed by atoms with Crippen LogP contribution >= 0.6 is 0 Å². The van der Waals surface area contributed by atoms with Gasteiger partial charge in [-0.3, -0.25) is 14.9 Å². The second-order valence-corrected chi connectivity index (χ2v) is 4.71. The van der Waals surface area contributed by atoms with E-state index in [1.807, 2.05) is 13.8 Å². The SMILES string of the molecule is CCCNc1cc(NC(C)C(=O)NCC)cc([N+](=O)[O-])c1. The summed E-state index contributed by atoms with van der Waals surface area (Å²) in [6.07, 6.45) is 0.917. The number of anilines is 2. The molecule has 0 spiro atoms. The number of likely N-dealkylation sites (N-methyl/N-ethyl adjacent to an activating group) is 1. The molecule has 1 aromatic rings. The number of carbonyl (C=O) groups is 1. The third-order valence-electron chi connectivity index (χ3n) is 2.84. The van der Waals surface area contributed by atoms with E-state index in [2.05, 4.69) is 16.0 Å². The molecular weight excluding hydrogens is 272 g/mol. The summed E-state index contributed by atoms with van der Waals surface area (Å²) in [5, 5.41) is 19.8. The van der Waals surface area contributed by atoms with Crippen LogP contribution in [0.4, 0.5) is 17.1 Å². The standard InChI is InChI=1S/C14H22N4O3/c1-4-6-16-11-7-12(9-13(8-11)18(20)21)17-10(3)14(19)15-5-2/h7-10,16-17H,4-6H2,1-3H3,(H,15,19). The number of benzene rings is 1. The van der Waals surface area contributed by atoms with Crippen molar-refractivity contribution in [3.8, 4) is 0 Å². The minimum Gasteiger partial charge on any atom is -0.385 e. The average molecular weight is 294 g/mol. The summed E-state index contributed by atoms with van der Waals surface area (Å²) >= 11 is 0. The number of amides is 1. The predicted octanol–water partition coefficient (Wildman–Crippen LogP) is 2.35. The molecule has 0 aliphatic rings. The van der Waals surface area contributed by atoms with Gasteiger partial charge in [-0.15, -0.1) is 0 Å². The van der Waals surface area contributed by atoms with Crippen LogP contribution in [-0.2, 0) is 4.79 Å². The van der Waals surface area contributed by atoms with Crippen molar-refractivity contribution >= 4 is 23.0 Å². The van der Waals surface area contributed by atoms with E-state index in [-0.39, 0.29) is 11.6 Å². The van der Waals surface area contributed by atoms with Crippen molar-refractivity contribution in [3.63, 3.8) is 0 Å².